The van der Waals surface area contributed by atoms with Gasteiger partial charge in [0, 0.05) is 5.92 Å². The van der Waals surface area contributed by atoms with Crippen molar-refractivity contribution in [3.8, 4) is 0 Å². The zero-order valence-electron chi connectivity index (χ0n) is 7.71. The molecule has 0 spiro atoms. The van der Waals surface area contributed by atoms with E-state index >= 15 is 0 Å². The van der Waals surface area contributed by atoms with E-state index in [1.807, 2.05) is 0 Å². The number of aliphatic hydroxyl groups is 1. The number of hydrogen-bond acceptors (Lipinski definition) is 2. The third-order valence-corrected chi connectivity index (χ3v) is 2.92. The van der Waals surface area contributed by atoms with Crippen LogP contribution in [0, 0.1) is 5.92 Å². The van der Waals surface area contributed by atoms with Crippen LogP contribution in [0.2, 0.25) is 0 Å². The minimum Gasteiger partial charge on any atom is -0.445 e. The van der Waals surface area contributed by atoms with Crippen LogP contribution in [0.25, 0.3) is 0 Å². The highest BCUT2D eigenvalue weighted by atomic mass is 16.5. The molecule has 2 atom stereocenters. The summed E-state index contributed by atoms with van der Waals surface area (Å²) in [4.78, 5) is 0. The molecular weight excluding hydrogens is 154 g/mol. The smallest absolute Gasteiger partial charge is 0.369 e. The molecule has 12 heavy (non-hydrogen) atoms. The molecule has 0 aromatic rings. The molecule has 3 heteroatoms. The van der Waals surface area contributed by atoms with Crippen LogP contribution in [0.4, 0.5) is 0 Å². The minimum atomic E-state index is -0.577. The average molecular weight is 170 g/mol. The Morgan fingerprint density at radius 3 is 2.58 bits per heavy atom. The predicted octanol–water partition coefficient (Wildman–Crippen LogP) is 0.218. The van der Waals surface area contributed by atoms with Crippen LogP contribution < -0.4 is 0 Å². The van der Waals surface area contributed by atoms with Gasteiger partial charge < -0.3 is 9.84 Å². The topological polar surface area (TPSA) is 32.5 Å². The van der Waals surface area contributed by atoms with Crippen molar-refractivity contribution in [2.75, 3.05) is 19.7 Å². The molecule has 3 nitrogen and oxygen atoms in total. The van der Waals surface area contributed by atoms with Gasteiger partial charge in [0.25, 0.3) is 0 Å². The monoisotopic (exact) mass is 170 g/mol. The van der Waals surface area contributed by atoms with E-state index in [1.165, 1.54) is 0 Å². The van der Waals surface area contributed by atoms with Gasteiger partial charge in [-0.3, -0.25) is 0 Å². The van der Waals surface area contributed by atoms with Gasteiger partial charge in [-0.25, -0.2) is 4.58 Å². The van der Waals surface area contributed by atoms with Gasteiger partial charge >= 0.3 is 5.90 Å². The summed E-state index contributed by atoms with van der Waals surface area (Å²) in [5, 5.41) is 9.96. The lowest BCUT2D eigenvalue weighted by Gasteiger charge is -2.06. The van der Waals surface area contributed by atoms with Crippen LogP contribution >= 0.6 is 0 Å². The van der Waals surface area contributed by atoms with Crippen LogP contribution in [0.1, 0.15) is 20.3 Å². The molecule has 0 bridgehead atoms. The van der Waals surface area contributed by atoms with E-state index in [0.717, 1.165) is 25.4 Å². The number of rotatable bonds is 2. The second kappa shape index (κ2) is 2.46. The highest BCUT2D eigenvalue weighted by Gasteiger charge is 2.68. The van der Waals surface area contributed by atoms with E-state index in [0.29, 0.717) is 12.5 Å². The van der Waals surface area contributed by atoms with Gasteiger partial charge in [-0.05, 0) is 20.3 Å². The standard InChI is InChI=1S/C9H16NO2/c1-3-10(4-2)8-9(11)5-7(9)6-12-8/h7,11H,3-6H2,1-2H3/q+1/t7-,9+/m0/s1. The third kappa shape index (κ3) is 0.891. The molecule has 0 aromatic carbocycles. The van der Waals surface area contributed by atoms with Crippen LogP contribution in [-0.2, 0) is 4.74 Å². The molecule has 2 fully saturated rings. The first kappa shape index (κ1) is 8.05. The van der Waals surface area contributed by atoms with Gasteiger partial charge in [0.1, 0.15) is 19.7 Å². The number of fused-ring (bicyclic) bond motifs is 1. The van der Waals surface area contributed by atoms with Crippen LogP contribution in [0.3, 0.4) is 0 Å². The van der Waals surface area contributed by atoms with E-state index in [1.54, 1.807) is 0 Å². The van der Waals surface area contributed by atoms with E-state index in [2.05, 4.69) is 18.4 Å². The maximum atomic E-state index is 9.96. The largest absolute Gasteiger partial charge is 0.445 e. The van der Waals surface area contributed by atoms with Crippen LogP contribution in [0.15, 0.2) is 0 Å². The fourth-order valence-electron chi connectivity index (χ4n) is 1.96. The first-order chi connectivity index (χ1) is 5.72. The summed E-state index contributed by atoms with van der Waals surface area (Å²) in [6.07, 6.45) is 0.902. The highest BCUT2D eigenvalue weighted by molar-refractivity contribution is 5.86. The van der Waals surface area contributed by atoms with Crippen LogP contribution in [0.5, 0.6) is 0 Å². The van der Waals surface area contributed by atoms with Gasteiger partial charge in [0.15, 0.2) is 5.60 Å². The lowest BCUT2D eigenvalue weighted by Crippen LogP contribution is -2.32. The van der Waals surface area contributed by atoms with Gasteiger partial charge in [-0.2, -0.15) is 0 Å². The molecule has 1 heterocycles. The van der Waals surface area contributed by atoms with Gasteiger partial charge in [0.2, 0.25) is 0 Å². The summed E-state index contributed by atoms with van der Waals surface area (Å²) >= 11 is 0. The van der Waals surface area contributed by atoms with Crippen molar-refractivity contribution in [2.45, 2.75) is 25.9 Å². The van der Waals surface area contributed by atoms with E-state index in [-0.39, 0.29) is 0 Å². The maximum absolute atomic E-state index is 9.96. The van der Waals surface area contributed by atoms with E-state index < -0.39 is 5.60 Å². The van der Waals surface area contributed by atoms with Crippen molar-refractivity contribution in [3.05, 3.63) is 0 Å². The van der Waals surface area contributed by atoms with E-state index in [4.69, 9.17) is 4.74 Å². The summed E-state index contributed by atoms with van der Waals surface area (Å²) in [6.45, 7) is 6.71. The second-order valence-electron chi connectivity index (χ2n) is 3.61. The first-order valence-electron chi connectivity index (χ1n) is 4.70. The molecule has 1 aliphatic carbocycles. The van der Waals surface area contributed by atoms with Crippen molar-refractivity contribution in [1.82, 2.24) is 0 Å². The number of hydrogen-bond donors (Lipinski definition) is 1. The zero-order chi connectivity index (χ0) is 8.77. The Morgan fingerprint density at radius 2 is 2.25 bits per heavy atom. The Bertz CT molecular complexity index is 229. The lowest BCUT2D eigenvalue weighted by atomic mass is 10.3. The first-order valence-corrected chi connectivity index (χ1v) is 4.70. The minimum absolute atomic E-state index is 0.382. The Labute approximate surface area is 72.7 Å². The quantitative estimate of drug-likeness (QED) is 0.601. The predicted molar refractivity (Wildman–Crippen MR) is 45.4 cm³/mol. The van der Waals surface area contributed by atoms with Crippen molar-refractivity contribution in [1.29, 1.82) is 0 Å². The van der Waals surface area contributed by atoms with Crippen molar-refractivity contribution < 1.29 is 14.4 Å². The molecule has 1 saturated heterocycles. The lowest BCUT2D eigenvalue weighted by molar-refractivity contribution is -0.531. The molecule has 0 radical (unpaired) electrons. The molecular formula is C9H16NO2+. The van der Waals surface area contributed by atoms with Crippen molar-refractivity contribution in [3.63, 3.8) is 0 Å². The fraction of sp³-hybridized carbons (Fsp3) is 0.889. The molecule has 1 saturated carbocycles. The van der Waals surface area contributed by atoms with Crippen LogP contribution in [-0.4, -0.2) is 40.9 Å². The molecule has 0 amide bonds. The Balaban J connectivity index is 2.27. The molecule has 2 aliphatic rings. The normalized spacial score (nSPS) is 37.6. The summed E-state index contributed by atoms with van der Waals surface area (Å²) in [5.41, 5.74) is -0.577. The number of nitrogens with zero attached hydrogens (tertiary/aromatic N) is 1. The summed E-state index contributed by atoms with van der Waals surface area (Å²) < 4.78 is 7.56. The third-order valence-electron chi connectivity index (χ3n) is 2.92. The number of ether oxygens (including phenoxy) is 1. The summed E-state index contributed by atoms with van der Waals surface area (Å²) in [7, 11) is 0. The molecule has 0 unspecified atom stereocenters. The Morgan fingerprint density at radius 1 is 1.58 bits per heavy atom. The maximum Gasteiger partial charge on any atom is 0.369 e. The summed E-state index contributed by atoms with van der Waals surface area (Å²) in [6, 6.07) is 0. The second-order valence-corrected chi connectivity index (χ2v) is 3.61. The highest BCUT2D eigenvalue weighted by Crippen LogP contribution is 2.49. The van der Waals surface area contributed by atoms with Crippen molar-refractivity contribution >= 4 is 5.90 Å². The van der Waals surface area contributed by atoms with Crippen molar-refractivity contribution in [2.24, 2.45) is 5.92 Å². The SMILES string of the molecule is CC[N+](CC)=C1OC[C@@H]2C[C@]12O. The van der Waals surface area contributed by atoms with E-state index in [9.17, 15) is 5.11 Å². The Kier molecular flexibility index (Phi) is 1.65. The summed E-state index contributed by atoms with van der Waals surface area (Å²) in [5.74, 6) is 1.20. The molecule has 1 aliphatic heterocycles. The zero-order valence-corrected chi connectivity index (χ0v) is 7.71. The van der Waals surface area contributed by atoms with Gasteiger partial charge in [-0.1, -0.05) is 0 Å². The van der Waals surface area contributed by atoms with Gasteiger partial charge in [-0.15, -0.1) is 0 Å². The molecule has 68 valence electrons. The molecule has 0 aromatic heterocycles. The fourth-order valence-corrected chi connectivity index (χ4v) is 1.96. The molecule has 1 N–H and O–H groups in total. The average Bonchev–Trinajstić information content (AvgIpc) is 2.63. The molecule has 2 rings (SSSR count). The Hall–Kier alpha value is -0.570. The van der Waals surface area contributed by atoms with Gasteiger partial charge in [0.05, 0.1) is 0 Å².